The number of rotatable bonds is 20. The van der Waals surface area contributed by atoms with Crippen LogP contribution in [-0.2, 0) is 105 Å². The predicted molar refractivity (Wildman–Crippen MR) is 408 cm³/mol. The van der Waals surface area contributed by atoms with Gasteiger partial charge in [-0.15, -0.1) is 0 Å². The first-order valence-electron chi connectivity index (χ1n) is 40.0. The average molecular weight is 1600 g/mol. The van der Waals surface area contributed by atoms with E-state index in [4.69, 9.17) is 86.0 Å². The Kier molecular flexibility index (Phi) is 33.7. The largest absolute Gasteiger partial charge is 0.488 e. The molecule has 6 fully saturated rings. The van der Waals surface area contributed by atoms with Gasteiger partial charge in [0.25, 0.3) is 0 Å². The van der Waals surface area contributed by atoms with Gasteiger partial charge in [-0.05, 0) is 148 Å². The minimum Gasteiger partial charge on any atom is -0.488 e. The third-order valence-electron chi connectivity index (χ3n) is 24.5. The summed E-state index contributed by atoms with van der Waals surface area (Å²) in [5.41, 5.74) is -5.32. The number of hydrogen-bond acceptors (Lipinski definition) is 28. The zero-order chi connectivity index (χ0) is 84.7. The molecule has 6 saturated heterocycles. The number of aliphatic carboxylic acids is 2. The van der Waals surface area contributed by atoms with Crippen LogP contribution in [0.15, 0.2) is 34.8 Å². The molecule has 30 heteroatoms. The molecule has 112 heavy (non-hydrogen) atoms. The van der Waals surface area contributed by atoms with Crippen molar-refractivity contribution >= 4 is 35.4 Å². The standard InChI is InChI=1S/2C39H67NO12.C4H4O4/c2*1-15-27-39(12,46-14)32(42)22(6)30-20(4)17-38(11,52-30)34(51-36-29(41)26(40-19(2)3)16-21(5)47-36)23(7)31(24(8)35(44)49-27)50-28-18-37(10,45-13)33(43)25(9)48-28;5-3(6)1-2-4(7)8/h2*19,21-29,31,33-34,36,40-41,43H,15-18H2,1-14H3;1-2H,(H,5,6)(H,7,8)/t2*21?,22?,23?,24?,25?,26?,27?,28?,29?,31?,33?,34?,36?,37-,38-,39-;/m11./s1. The van der Waals surface area contributed by atoms with Crippen LogP contribution in [0.4, 0.5) is 0 Å². The first kappa shape index (κ1) is 96.2. The molecule has 8 aliphatic rings. The molecule has 8 heterocycles. The number of ketones is 2. The van der Waals surface area contributed by atoms with Crippen LogP contribution in [0.5, 0.6) is 0 Å². The van der Waals surface area contributed by atoms with Crippen molar-refractivity contribution in [3.05, 3.63) is 34.8 Å². The first-order valence-corrected chi connectivity index (χ1v) is 40.0. The van der Waals surface area contributed by atoms with E-state index in [1.54, 1.807) is 69.2 Å². The summed E-state index contributed by atoms with van der Waals surface area (Å²) in [6, 6.07) is -0.360. The summed E-state index contributed by atoms with van der Waals surface area (Å²) in [6.07, 6.45) is -10.7. The van der Waals surface area contributed by atoms with Crippen LogP contribution in [0.25, 0.3) is 0 Å². The Hall–Kier alpha value is -4.68. The van der Waals surface area contributed by atoms with Crippen molar-refractivity contribution in [1.82, 2.24) is 10.6 Å². The number of hydrogen-bond donors (Lipinski definition) is 8. The summed E-state index contributed by atoms with van der Waals surface area (Å²) < 4.78 is 102. The Morgan fingerprint density at radius 1 is 0.509 bits per heavy atom. The van der Waals surface area contributed by atoms with Crippen molar-refractivity contribution in [2.24, 2.45) is 35.5 Å². The van der Waals surface area contributed by atoms with Crippen LogP contribution < -0.4 is 10.6 Å². The molecule has 0 spiro atoms. The highest BCUT2D eigenvalue weighted by Gasteiger charge is 2.60. The second-order valence-corrected chi connectivity index (χ2v) is 34.4. The lowest BCUT2D eigenvalue weighted by molar-refractivity contribution is -0.315. The zero-order valence-electron chi connectivity index (χ0n) is 71.6. The number of carboxylic acids is 2. The molecule has 0 aromatic carbocycles. The molecule has 0 saturated carbocycles. The van der Waals surface area contributed by atoms with E-state index in [1.807, 2.05) is 96.9 Å². The van der Waals surface area contributed by atoms with Gasteiger partial charge in [-0.2, -0.15) is 0 Å². The number of carbonyl (C=O) groups excluding carboxylic acids is 4. The lowest BCUT2D eigenvalue weighted by Gasteiger charge is -2.48. The number of cyclic esters (lactones) is 2. The summed E-state index contributed by atoms with van der Waals surface area (Å²) >= 11 is 0. The maximum atomic E-state index is 14.3. The zero-order valence-corrected chi connectivity index (χ0v) is 71.6. The molecule has 644 valence electrons. The van der Waals surface area contributed by atoms with E-state index in [2.05, 4.69) is 10.6 Å². The van der Waals surface area contributed by atoms with Gasteiger partial charge in [0.1, 0.15) is 71.6 Å². The van der Waals surface area contributed by atoms with Crippen LogP contribution >= 0.6 is 0 Å². The number of Topliss-reactive ketones (excluding diaryl/α,β-unsaturated/α-hetero) is 2. The molecule has 26 unspecified atom stereocenters. The van der Waals surface area contributed by atoms with Crippen LogP contribution in [0, 0.1) is 35.5 Å². The molecular formula is C82H138N2O28. The summed E-state index contributed by atoms with van der Waals surface area (Å²) in [5, 5.41) is 67.7. The number of fused-ring (bicyclic) bond motifs is 4. The van der Waals surface area contributed by atoms with Gasteiger partial charge in [-0.3, -0.25) is 19.2 Å². The molecule has 0 radical (unpaired) electrons. The van der Waals surface area contributed by atoms with Crippen molar-refractivity contribution in [3.8, 4) is 0 Å². The summed E-state index contributed by atoms with van der Waals surface area (Å²) in [7, 11) is 5.96. The van der Waals surface area contributed by atoms with E-state index in [0.29, 0.717) is 62.2 Å². The van der Waals surface area contributed by atoms with Gasteiger partial charge in [0.05, 0.1) is 71.5 Å². The van der Waals surface area contributed by atoms with E-state index in [1.165, 1.54) is 28.4 Å². The van der Waals surface area contributed by atoms with Gasteiger partial charge in [0.15, 0.2) is 47.9 Å². The Morgan fingerprint density at radius 2 is 0.830 bits per heavy atom. The first-order chi connectivity index (χ1) is 51.9. The number of methoxy groups -OCH3 is 4. The number of allylic oxidation sites excluding steroid dienone is 2. The maximum Gasteiger partial charge on any atom is 0.328 e. The van der Waals surface area contributed by atoms with Crippen LogP contribution in [0.2, 0.25) is 0 Å². The molecule has 0 aromatic rings. The maximum absolute atomic E-state index is 14.3. The van der Waals surface area contributed by atoms with E-state index in [-0.39, 0.29) is 60.8 Å². The second kappa shape index (κ2) is 39.3. The summed E-state index contributed by atoms with van der Waals surface area (Å²) in [6.45, 7) is 44.7. The number of aliphatic hydroxyl groups excluding tert-OH is 4. The fraction of sp³-hybridized carbons (Fsp3) is 0.854. The summed E-state index contributed by atoms with van der Waals surface area (Å²) in [5.74, 6) is -7.70. The number of esters is 2. The van der Waals surface area contributed by atoms with Crippen molar-refractivity contribution in [3.63, 3.8) is 0 Å². The van der Waals surface area contributed by atoms with Crippen molar-refractivity contribution in [2.45, 2.75) is 386 Å². The van der Waals surface area contributed by atoms with Crippen molar-refractivity contribution in [1.29, 1.82) is 0 Å². The second-order valence-electron chi connectivity index (χ2n) is 34.4. The van der Waals surface area contributed by atoms with Gasteiger partial charge >= 0.3 is 23.9 Å². The smallest absolute Gasteiger partial charge is 0.328 e. The Balaban J connectivity index is 0.000000318. The van der Waals surface area contributed by atoms with Gasteiger partial charge in [0, 0.05) is 102 Å². The third kappa shape index (κ3) is 21.6. The molecule has 32 atom stereocenters. The summed E-state index contributed by atoms with van der Waals surface area (Å²) in [4.78, 5) is 76.3. The molecule has 8 rings (SSSR count). The fourth-order valence-corrected chi connectivity index (χ4v) is 17.9. The highest BCUT2D eigenvalue weighted by molar-refractivity contribution is 5.93. The average Bonchev–Trinajstić information content (AvgIpc) is 1.62. The molecule has 8 N–H and O–H groups in total. The van der Waals surface area contributed by atoms with Crippen molar-refractivity contribution < 1.29 is 135 Å². The highest BCUT2D eigenvalue weighted by Crippen LogP contribution is 2.50. The minimum atomic E-state index is -1.47. The van der Waals surface area contributed by atoms with Crippen LogP contribution in [-0.4, -0.2) is 263 Å². The van der Waals surface area contributed by atoms with E-state index in [0.717, 1.165) is 11.1 Å². The highest BCUT2D eigenvalue weighted by atomic mass is 16.7. The number of carbonyl (C=O) groups is 6. The normalized spacial score (nSPS) is 44.0. The lowest BCUT2D eigenvalue weighted by Crippen LogP contribution is -2.60. The van der Waals surface area contributed by atoms with E-state index < -0.39 is 191 Å². The minimum absolute atomic E-state index is 0.113. The lowest BCUT2D eigenvalue weighted by atomic mass is 9.79. The third-order valence-corrected chi connectivity index (χ3v) is 24.5. The van der Waals surface area contributed by atoms with Crippen LogP contribution in [0.3, 0.4) is 0 Å². The van der Waals surface area contributed by atoms with Gasteiger partial charge in [0.2, 0.25) is 0 Å². The SMILES string of the molecule is CCC1OC(=O)C(C)C(OC2C[C@@](C)(OC)C(O)C(C)O2)C(C)C(OC2OC(C)CC(NC(C)C)C2O)[C@@]2(C)CC(C)=C(O2)C(C)C(=O)[C@]1(C)OC.CCC1OC(=O)C(C)C(OC2C[C@@](C)(OC)C(O)C(C)O2)C(C)C(OC2OC(C)CC(NC(C)C)C2O)[C@@]2(C)CC(C)=C(O2)C(C)C(=O)[C@]1(C)OC.O=C(O)C=CC(=O)O. The fourth-order valence-electron chi connectivity index (χ4n) is 17.9. The number of carboxylic acid groups (broad SMARTS) is 2. The Morgan fingerprint density at radius 3 is 1.11 bits per heavy atom. The molecule has 0 amide bonds. The Labute approximate surface area is 663 Å². The van der Waals surface area contributed by atoms with Crippen molar-refractivity contribution in [2.75, 3.05) is 28.4 Å². The Bertz CT molecular complexity index is 3070. The molecule has 4 bridgehead atoms. The quantitative estimate of drug-likeness (QED) is 0.0421. The van der Waals surface area contributed by atoms with E-state index >= 15 is 0 Å². The van der Waals surface area contributed by atoms with Gasteiger partial charge in [-0.25, -0.2) is 9.59 Å². The molecule has 8 aliphatic heterocycles. The monoisotopic (exact) mass is 1600 g/mol. The van der Waals surface area contributed by atoms with Gasteiger partial charge in [-0.1, -0.05) is 55.4 Å². The number of ether oxygens (including phenoxy) is 16. The number of aliphatic hydroxyl groups is 4. The van der Waals surface area contributed by atoms with Crippen LogP contribution in [0.1, 0.15) is 218 Å². The number of nitrogens with one attached hydrogen (secondary N) is 2. The molecule has 0 aromatic heterocycles. The molecule has 30 nitrogen and oxygen atoms in total. The predicted octanol–water partition coefficient (Wildman–Crippen LogP) is 8.09. The topological polar surface area (TPSA) is 396 Å². The van der Waals surface area contributed by atoms with Gasteiger partial charge < -0.3 is 117 Å². The van der Waals surface area contributed by atoms with E-state index in [9.17, 15) is 49.2 Å². The molecule has 0 aliphatic carbocycles. The molecular weight excluding hydrogens is 1460 g/mol.